The van der Waals surface area contributed by atoms with Gasteiger partial charge in [0.2, 0.25) is 0 Å². The van der Waals surface area contributed by atoms with Gasteiger partial charge < -0.3 is 15.1 Å². The fourth-order valence-electron chi connectivity index (χ4n) is 5.49. The van der Waals surface area contributed by atoms with Crippen LogP contribution in [0.25, 0.3) is 0 Å². The summed E-state index contributed by atoms with van der Waals surface area (Å²) in [5, 5.41) is 3.51. The van der Waals surface area contributed by atoms with Crippen LogP contribution in [-0.2, 0) is 13.2 Å². The molecular weight excluding hydrogens is 462 g/mol. The van der Waals surface area contributed by atoms with E-state index in [4.69, 9.17) is 11.6 Å². The van der Waals surface area contributed by atoms with Crippen molar-refractivity contribution in [1.82, 2.24) is 14.8 Å². The maximum Gasteiger partial charge on any atom is 0.257 e. The third-order valence-corrected chi connectivity index (χ3v) is 7.82. The molecule has 0 spiro atoms. The van der Waals surface area contributed by atoms with Gasteiger partial charge in [0.15, 0.2) is 0 Å². The molecule has 0 radical (unpaired) electrons. The number of fused-ring (bicyclic) bond motifs is 1. The molecule has 8 heteroatoms. The second-order valence-corrected chi connectivity index (χ2v) is 10.3. The molecule has 0 unspecified atom stereocenters. The smallest absolute Gasteiger partial charge is 0.257 e. The van der Waals surface area contributed by atoms with Gasteiger partial charge >= 0.3 is 0 Å². The zero-order valence-electron chi connectivity index (χ0n) is 21.4. The first-order valence-corrected chi connectivity index (χ1v) is 12.8. The Morgan fingerprint density at radius 2 is 1.83 bits per heavy atom. The number of nitrogens with zero attached hydrogens (tertiary/aromatic N) is 4. The van der Waals surface area contributed by atoms with Crippen LogP contribution in [0.1, 0.15) is 65.3 Å². The number of hydrogen-bond acceptors (Lipinski definition) is 5. The van der Waals surface area contributed by atoms with Crippen LogP contribution in [0.3, 0.4) is 0 Å². The Hall–Kier alpha value is -2.64. The number of anilines is 1. The predicted octanol–water partition coefficient (Wildman–Crippen LogP) is 4.14. The second-order valence-electron chi connectivity index (χ2n) is 9.91. The average molecular weight is 498 g/mol. The molecule has 2 aromatic rings. The van der Waals surface area contributed by atoms with Crippen molar-refractivity contribution in [3.8, 4) is 0 Å². The van der Waals surface area contributed by atoms with E-state index in [2.05, 4.69) is 41.1 Å². The number of pyridine rings is 1. The number of hydrogen-bond donors (Lipinski definition) is 1. The van der Waals surface area contributed by atoms with E-state index in [0.717, 1.165) is 41.9 Å². The molecule has 1 aliphatic heterocycles. The largest absolute Gasteiger partial charge is 0.369 e. The summed E-state index contributed by atoms with van der Waals surface area (Å²) < 4.78 is 1.63. The van der Waals surface area contributed by atoms with Gasteiger partial charge in [0, 0.05) is 53.2 Å². The highest BCUT2D eigenvalue weighted by Crippen LogP contribution is 2.34. The third-order valence-electron chi connectivity index (χ3n) is 7.60. The van der Waals surface area contributed by atoms with Crippen molar-refractivity contribution in [3.63, 3.8) is 0 Å². The normalized spacial score (nSPS) is 19.2. The summed E-state index contributed by atoms with van der Waals surface area (Å²) in [7, 11) is 4.31. The predicted molar refractivity (Wildman–Crippen MR) is 143 cm³/mol. The lowest BCUT2D eigenvalue weighted by molar-refractivity contribution is 0.0950. The molecule has 7 nitrogen and oxygen atoms in total. The molecule has 35 heavy (non-hydrogen) atoms. The summed E-state index contributed by atoms with van der Waals surface area (Å²) in [6.45, 7) is 7.38. The molecule has 0 saturated heterocycles. The summed E-state index contributed by atoms with van der Waals surface area (Å²) in [6.07, 6.45) is 6.29. The van der Waals surface area contributed by atoms with E-state index in [1.807, 2.05) is 26.0 Å². The number of amides is 1. The van der Waals surface area contributed by atoms with E-state index < -0.39 is 0 Å². The van der Waals surface area contributed by atoms with Crippen LogP contribution in [0.2, 0.25) is 5.02 Å². The molecule has 0 atom stereocenters. The fraction of sp³-hybridized carbons (Fsp3) is 0.519. The molecule has 1 saturated carbocycles. The van der Waals surface area contributed by atoms with Crippen LogP contribution in [0, 0.1) is 13.8 Å². The van der Waals surface area contributed by atoms with Gasteiger partial charge in [-0.25, -0.2) is 0 Å². The second kappa shape index (κ2) is 10.5. The Kier molecular flexibility index (Phi) is 7.67. The molecule has 2 aliphatic rings. The van der Waals surface area contributed by atoms with Gasteiger partial charge in [0.1, 0.15) is 6.67 Å². The first kappa shape index (κ1) is 25.5. The minimum atomic E-state index is -0.223. The quantitative estimate of drug-likeness (QED) is 0.624. The number of aromatic nitrogens is 1. The summed E-state index contributed by atoms with van der Waals surface area (Å²) >= 11 is 6.52. The van der Waals surface area contributed by atoms with Crippen LogP contribution in [-0.4, -0.2) is 54.3 Å². The van der Waals surface area contributed by atoms with E-state index in [0.29, 0.717) is 34.9 Å². The molecule has 188 valence electrons. The molecular formula is C27H36ClN5O2. The van der Waals surface area contributed by atoms with Crippen LogP contribution >= 0.6 is 11.6 Å². The zero-order chi connectivity index (χ0) is 25.3. The minimum absolute atomic E-state index is 0.105. The molecule has 1 fully saturated rings. The van der Waals surface area contributed by atoms with E-state index >= 15 is 0 Å². The van der Waals surface area contributed by atoms with Gasteiger partial charge in [-0.3, -0.25) is 19.1 Å². The molecule has 2 heterocycles. The third kappa shape index (κ3) is 5.16. The van der Waals surface area contributed by atoms with Crippen LogP contribution in [0.15, 0.2) is 28.0 Å². The monoisotopic (exact) mass is 497 g/mol. The number of nitrogens with one attached hydrogen (secondary N) is 1. The SMILES string of the molecule is CCN(c1cc(Cl)cc(C(=O)NCc2c(C)cc3n(c2=O)CN=C3)c1C)C1CCC(N(C)C)CC1. The number of aliphatic imine (C=N–C) groups is 1. The highest BCUT2D eigenvalue weighted by molar-refractivity contribution is 6.31. The van der Waals surface area contributed by atoms with Crippen LogP contribution in [0.5, 0.6) is 0 Å². The summed E-state index contributed by atoms with van der Waals surface area (Å²) in [6, 6.07) is 6.70. The van der Waals surface area contributed by atoms with Crippen molar-refractivity contribution in [2.75, 3.05) is 25.5 Å². The van der Waals surface area contributed by atoms with E-state index in [1.165, 1.54) is 12.8 Å². The van der Waals surface area contributed by atoms with Gasteiger partial charge in [-0.15, -0.1) is 0 Å². The summed E-state index contributed by atoms with van der Waals surface area (Å²) in [5.74, 6) is -0.223. The Balaban J connectivity index is 1.54. The topological polar surface area (TPSA) is 69.9 Å². The lowest BCUT2D eigenvalue weighted by atomic mass is 9.89. The molecule has 1 N–H and O–H groups in total. The van der Waals surface area contributed by atoms with Crippen molar-refractivity contribution in [2.24, 2.45) is 4.99 Å². The van der Waals surface area contributed by atoms with Gasteiger partial charge in [0.05, 0.1) is 5.69 Å². The first-order chi connectivity index (χ1) is 16.7. The van der Waals surface area contributed by atoms with Crippen molar-refractivity contribution in [2.45, 2.75) is 71.8 Å². The zero-order valence-corrected chi connectivity index (χ0v) is 22.2. The van der Waals surface area contributed by atoms with Crippen molar-refractivity contribution >= 4 is 29.4 Å². The molecule has 1 aliphatic carbocycles. The molecule has 1 amide bonds. The number of aryl methyl sites for hydroxylation is 1. The summed E-state index contributed by atoms with van der Waals surface area (Å²) in [5.41, 5.74) is 4.62. The number of rotatable bonds is 7. The van der Waals surface area contributed by atoms with E-state index in [1.54, 1.807) is 16.8 Å². The van der Waals surface area contributed by atoms with Crippen molar-refractivity contribution in [3.05, 3.63) is 61.5 Å². The standard InChI is InChI=1S/C27H36ClN5O2/c1-6-32(21-9-7-20(8-10-21)31(4)5)25-13-19(28)12-23(18(25)3)26(34)30-15-24-17(2)11-22-14-29-16-33(22)27(24)35/h11-14,20-21H,6-10,15-16H2,1-5H3,(H,30,34). The molecule has 0 bridgehead atoms. The van der Waals surface area contributed by atoms with Gasteiger partial charge in [-0.2, -0.15) is 0 Å². The first-order valence-electron chi connectivity index (χ1n) is 12.5. The van der Waals surface area contributed by atoms with E-state index in [-0.39, 0.29) is 18.0 Å². The molecule has 1 aromatic heterocycles. The molecule has 1 aromatic carbocycles. The highest BCUT2D eigenvalue weighted by Gasteiger charge is 2.28. The lowest BCUT2D eigenvalue weighted by Crippen LogP contribution is -2.42. The minimum Gasteiger partial charge on any atom is -0.369 e. The fourth-order valence-corrected chi connectivity index (χ4v) is 5.71. The Morgan fingerprint density at radius 3 is 2.49 bits per heavy atom. The van der Waals surface area contributed by atoms with Gasteiger partial charge in [-0.1, -0.05) is 11.6 Å². The number of carbonyl (C=O) groups excluding carboxylic acids is 1. The summed E-state index contributed by atoms with van der Waals surface area (Å²) in [4.78, 5) is 35.0. The Labute approximate surface area is 212 Å². The number of halogens is 1. The highest BCUT2D eigenvalue weighted by atomic mass is 35.5. The van der Waals surface area contributed by atoms with Gasteiger partial charge in [0.25, 0.3) is 11.5 Å². The Bertz CT molecular complexity index is 1200. The average Bonchev–Trinajstić information content (AvgIpc) is 3.30. The maximum absolute atomic E-state index is 13.3. The maximum atomic E-state index is 13.3. The van der Waals surface area contributed by atoms with Crippen LogP contribution < -0.4 is 15.8 Å². The van der Waals surface area contributed by atoms with E-state index in [9.17, 15) is 9.59 Å². The van der Waals surface area contributed by atoms with Crippen molar-refractivity contribution < 1.29 is 4.79 Å². The number of benzene rings is 1. The van der Waals surface area contributed by atoms with Crippen LogP contribution in [0.4, 0.5) is 5.69 Å². The molecule has 4 rings (SSSR count). The van der Waals surface area contributed by atoms with Gasteiger partial charge in [-0.05, 0) is 89.9 Å². The lowest BCUT2D eigenvalue weighted by Gasteiger charge is -2.40. The number of carbonyl (C=O) groups is 1. The van der Waals surface area contributed by atoms with Crippen molar-refractivity contribution in [1.29, 1.82) is 0 Å². The Morgan fingerprint density at radius 1 is 1.14 bits per heavy atom.